The van der Waals surface area contributed by atoms with E-state index in [1.807, 2.05) is 31.2 Å². The van der Waals surface area contributed by atoms with Crippen LogP contribution in [0, 0.1) is 12.8 Å². The minimum absolute atomic E-state index is 0.0582. The number of amides is 1. The topological polar surface area (TPSA) is 29.5 Å². The Morgan fingerprint density at radius 3 is 2.95 bits per heavy atom. The maximum atomic E-state index is 15.3. The van der Waals surface area contributed by atoms with E-state index in [0.717, 1.165) is 30.6 Å². The normalized spacial score (nSPS) is 29.6. The number of likely N-dealkylation sites (tertiary alicyclic amines) is 1. The summed E-state index contributed by atoms with van der Waals surface area (Å²) in [5.41, 5.74) is 0.270. The first-order valence-electron chi connectivity index (χ1n) is 7.72. The van der Waals surface area contributed by atoms with Gasteiger partial charge in [0.25, 0.3) is 0 Å². The Labute approximate surface area is 125 Å². The number of alkyl halides is 1. The van der Waals surface area contributed by atoms with Crippen LogP contribution in [0.1, 0.15) is 30.4 Å². The van der Waals surface area contributed by atoms with Crippen LogP contribution in [0.4, 0.5) is 4.39 Å². The first-order valence-corrected chi connectivity index (χ1v) is 7.72. The van der Waals surface area contributed by atoms with E-state index in [1.165, 1.54) is 0 Å². The number of hydrogen-bond acceptors (Lipinski definition) is 2. The molecule has 0 saturated carbocycles. The molecule has 0 aliphatic carbocycles. The quantitative estimate of drug-likeness (QED) is 0.838. The van der Waals surface area contributed by atoms with Crippen molar-refractivity contribution < 1.29 is 13.9 Å². The highest BCUT2D eigenvalue weighted by molar-refractivity contribution is 5.79. The second-order valence-corrected chi connectivity index (χ2v) is 6.20. The molecule has 0 aromatic heterocycles. The summed E-state index contributed by atoms with van der Waals surface area (Å²) < 4.78 is 20.6. The molecule has 114 valence electrons. The molecule has 0 spiro atoms. The van der Waals surface area contributed by atoms with Gasteiger partial charge in [0.2, 0.25) is 5.91 Å². The van der Waals surface area contributed by atoms with Gasteiger partial charge in [-0.3, -0.25) is 4.79 Å². The van der Waals surface area contributed by atoms with Crippen molar-refractivity contribution in [2.75, 3.05) is 26.3 Å². The van der Waals surface area contributed by atoms with E-state index in [4.69, 9.17) is 4.74 Å². The van der Waals surface area contributed by atoms with Crippen LogP contribution in [0.2, 0.25) is 0 Å². The van der Waals surface area contributed by atoms with Crippen molar-refractivity contribution in [1.29, 1.82) is 0 Å². The first kappa shape index (κ1) is 14.5. The molecule has 2 atom stereocenters. The lowest BCUT2D eigenvalue weighted by molar-refractivity contribution is -0.139. The average Bonchev–Trinajstić information content (AvgIpc) is 2.91. The molecule has 1 aromatic carbocycles. The molecule has 2 aliphatic rings. The molecule has 2 aliphatic heterocycles. The zero-order valence-electron chi connectivity index (χ0n) is 12.5. The van der Waals surface area contributed by atoms with Crippen molar-refractivity contribution in [1.82, 2.24) is 4.90 Å². The minimum atomic E-state index is -1.41. The van der Waals surface area contributed by atoms with Crippen LogP contribution in [0.3, 0.4) is 0 Å². The lowest BCUT2D eigenvalue weighted by atomic mass is 9.91. The van der Waals surface area contributed by atoms with E-state index in [-0.39, 0.29) is 18.4 Å². The Hall–Kier alpha value is -1.42. The smallest absolute Gasteiger partial charge is 0.228 e. The summed E-state index contributed by atoms with van der Waals surface area (Å²) in [5, 5.41) is 0. The van der Waals surface area contributed by atoms with Gasteiger partial charge in [0.15, 0.2) is 5.67 Å². The molecular weight excluding hydrogens is 269 g/mol. The third kappa shape index (κ3) is 2.82. The Morgan fingerprint density at radius 1 is 1.43 bits per heavy atom. The number of ether oxygens (including phenoxy) is 1. The fourth-order valence-electron chi connectivity index (χ4n) is 3.45. The van der Waals surface area contributed by atoms with Crippen molar-refractivity contribution in [2.24, 2.45) is 5.92 Å². The van der Waals surface area contributed by atoms with E-state index in [2.05, 4.69) is 0 Å². The van der Waals surface area contributed by atoms with Gasteiger partial charge in [-0.1, -0.05) is 24.3 Å². The van der Waals surface area contributed by atoms with Gasteiger partial charge >= 0.3 is 0 Å². The van der Waals surface area contributed by atoms with Crippen LogP contribution in [0.25, 0.3) is 0 Å². The zero-order chi connectivity index (χ0) is 14.9. The SMILES string of the molecule is Cc1ccccc1C1(F)CCN(C(=O)C2CCCOC2)C1. The first-order chi connectivity index (χ1) is 10.1. The fourth-order valence-corrected chi connectivity index (χ4v) is 3.45. The maximum Gasteiger partial charge on any atom is 0.228 e. The predicted molar refractivity (Wildman–Crippen MR) is 78.7 cm³/mol. The van der Waals surface area contributed by atoms with Crippen LogP contribution in [0.15, 0.2) is 24.3 Å². The molecule has 2 heterocycles. The van der Waals surface area contributed by atoms with Crippen molar-refractivity contribution in [2.45, 2.75) is 31.9 Å². The monoisotopic (exact) mass is 291 g/mol. The molecule has 4 heteroatoms. The van der Waals surface area contributed by atoms with Gasteiger partial charge in [-0.15, -0.1) is 0 Å². The van der Waals surface area contributed by atoms with Crippen molar-refractivity contribution in [3.05, 3.63) is 35.4 Å². The fraction of sp³-hybridized carbons (Fsp3) is 0.588. The average molecular weight is 291 g/mol. The van der Waals surface area contributed by atoms with E-state index >= 15 is 4.39 Å². The summed E-state index contributed by atoms with van der Waals surface area (Å²) in [6.07, 6.45) is 2.17. The molecule has 2 unspecified atom stereocenters. The highest BCUT2D eigenvalue weighted by atomic mass is 19.1. The Balaban J connectivity index is 1.72. The number of rotatable bonds is 2. The van der Waals surface area contributed by atoms with Gasteiger partial charge in [0.05, 0.1) is 19.1 Å². The van der Waals surface area contributed by atoms with Crippen LogP contribution < -0.4 is 0 Å². The molecule has 0 bridgehead atoms. The maximum absolute atomic E-state index is 15.3. The van der Waals surface area contributed by atoms with E-state index in [0.29, 0.717) is 19.6 Å². The molecule has 21 heavy (non-hydrogen) atoms. The van der Waals surface area contributed by atoms with Crippen LogP contribution in [-0.4, -0.2) is 37.1 Å². The second kappa shape index (κ2) is 5.76. The van der Waals surface area contributed by atoms with Crippen molar-refractivity contribution in [3.63, 3.8) is 0 Å². The summed E-state index contributed by atoms with van der Waals surface area (Å²) in [5.74, 6) is -0.0271. The third-order valence-corrected chi connectivity index (χ3v) is 4.67. The summed E-state index contributed by atoms with van der Waals surface area (Å²) >= 11 is 0. The number of benzene rings is 1. The van der Waals surface area contributed by atoms with Gasteiger partial charge in [-0.25, -0.2) is 4.39 Å². The highest BCUT2D eigenvalue weighted by Gasteiger charge is 2.43. The van der Waals surface area contributed by atoms with Gasteiger partial charge in [-0.2, -0.15) is 0 Å². The van der Waals surface area contributed by atoms with E-state index in [1.54, 1.807) is 4.90 Å². The standard InChI is InChI=1S/C17H22FNO2/c1-13-5-2-3-7-15(13)17(18)8-9-19(12-17)16(20)14-6-4-10-21-11-14/h2-3,5,7,14H,4,6,8-12H2,1H3. The summed E-state index contributed by atoms with van der Waals surface area (Å²) in [4.78, 5) is 14.2. The van der Waals surface area contributed by atoms with Gasteiger partial charge in [0.1, 0.15) is 0 Å². The van der Waals surface area contributed by atoms with Gasteiger partial charge in [0, 0.05) is 19.6 Å². The minimum Gasteiger partial charge on any atom is -0.381 e. The van der Waals surface area contributed by atoms with Gasteiger partial charge < -0.3 is 9.64 Å². The number of carbonyl (C=O) groups is 1. The van der Waals surface area contributed by atoms with Crippen LogP contribution >= 0.6 is 0 Å². The van der Waals surface area contributed by atoms with Gasteiger partial charge in [-0.05, 0) is 30.9 Å². The summed E-state index contributed by atoms with van der Waals surface area (Å²) in [6.45, 7) is 3.82. The van der Waals surface area contributed by atoms with Crippen LogP contribution in [-0.2, 0) is 15.2 Å². The lowest BCUT2D eigenvalue weighted by Crippen LogP contribution is -2.39. The van der Waals surface area contributed by atoms with Crippen molar-refractivity contribution in [3.8, 4) is 0 Å². The Bertz CT molecular complexity index is 527. The number of hydrogen-bond donors (Lipinski definition) is 0. The predicted octanol–water partition coefficient (Wildman–Crippen LogP) is 2.82. The Morgan fingerprint density at radius 2 is 2.24 bits per heavy atom. The molecule has 3 nitrogen and oxygen atoms in total. The largest absolute Gasteiger partial charge is 0.381 e. The molecule has 1 amide bonds. The lowest BCUT2D eigenvalue weighted by Gasteiger charge is -2.27. The molecular formula is C17H22FNO2. The summed E-state index contributed by atoms with van der Waals surface area (Å²) in [6, 6.07) is 7.55. The summed E-state index contributed by atoms with van der Waals surface area (Å²) in [7, 11) is 0. The van der Waals surface area contributed by atoms with E-state index in [9.17, 15) is 4.79 Å². The molecule has 0 radical (unpaired) electrons. The second-order valence-electron chi connectivity index (χ2n) is 6.20. The number of nitrogens with zero attached hydrogens (tertiary/aromatic N) is 1. The van der Waals surface area contributed by atoms with Crippen molar-refractivity contribution >= 4 is 5.91 Å². The third-order valence-electron chi connectivity index (χ3n) is 4.67. The molecule has 3 rings (SSSR count). The molecule has 0 N–H and O–H groups in total. The highest BCUT2D eigenvalue weighted by Crippen LogP contribution is 2.38. The number of halogens is 1. The number of carbonyl (C=O) groups excluding carboxylic acids is 1. The van der Waals surface area contributed by atoms with E-state index < -0.39 is 5.67 Å². The molecule has 2 fully saturated rings. The number of aryl methyl sites for hydroxylation is 1. The zero-order valence-corrected chi connectivity index (χ0v) is 12.5. The van der Waals surface area contributed by atoms with Crippen LogP contribution in [0.5, 0.6) is 0 Å². The Kier molecular flexibility index (Phi) is 3.98. The molecule has 1 aromatic rings. The molecule has 2 saturated heterocycles.